The van der Waals surface area contributed by atoms with E-state index in [2.05, 4.69) is 0 Å². The number of hydrogen-bond acceptors (Lipinski definition) is 5. The highest BCUT2D eigenvalue weighted by Crippen LogP contribution is 2.40. The van der Waals surface area contributed by atoms with E-state index < -0.39 is 4.92 Å². The lowest BCUT2D eigenvalue weighted by molar-refractivity contribution is -0.386. The number of nitro groups is 1. The zero-order valence-corrected chi connectivity index (χ0v) is 10.1. The minimum absolute atomic E-state index is 0.00542. The van der Waals surface area contributed by atoms with E-state index in [0.717, 1.165) is 0 Å². The number of rotatable bonds is 4. The summed E-state index contributed by atoms with van der Waals surface area (Å²) < 4.78 is 10.3. The van der Waals surface area contributed by atoms with E-state index >= 15 is 0 Å². The van der Waals surface area contributed by atoms with Gasteiger partial charge in [-0.3, -0.25) is 10.1 Å². The second-order valence-corrected chi connectivity index (χ2v) is 3.63. The highest BCUT2D eigenvalue weighted by atomic mass is 16.6. The van der Waals surface area contributed by atoms with Crippen molar-refractivity contribution in [3.63, 3.8) is 0 Å². The van der Waals surface area contributed by atoms with Gasteiger partial charge >= 0.3 is 5.69 Å². The van der Waals surface area contributed by atoms with E-state index in [0.29, 0.717) is 0 Å². The number of phenols is 1. The molecule has 6 heteroatoms. The molecule has 0 saturated heterocycles. The third-order valence-electron chi connectivity index (χ3n) is 2.45. The monoisotopic (exact) mass is 261 g/mol. The van der Waals surface area contributed by atoms with Crippen LogP contribution in [0, 0.1) is 10.1 Å². The summed E-state index contributed by atoms with van der Waals surface area (Å²) in [6, 6.07) is 10.7. The van der Waals surface area contributed by atoms with Gasteiger partial charge in [0, 0.05) is 0 Å². The van der Waals surface area contributed by atoms with Crippen LogP contribution in [0.5, 0.6) is 23.0 Å². The predicted molar refractivity (Wildman–Crippen MR) is 67.8 cm³/mol. The lowest BCUT2D eigenvalue weighted by Crippen LogP contribution is -1.97. The molecule has 0 heterocycles. The molecular formula is C13H11NO5. The smallest absolute Gasteiger partial charge is 0.352 e. The van der Waals surface area contributed by atoms with Crippen LogP contribution in [0.1, 0.15) is 0 Å². The quantitative estimate of drug-likeness (QED) is 0.675. The second kappa shape index (κ2) is 5.26. The van der Waals surface area contributed by atoms with Crippen molar-refractivity contribution in [2.24, 2.45) is 0 Å². The van der Waals surface area contributed by atoms with Gasteiger partial charge in [0.15, 0.2) is 11.5 Å². The minimum Gasteiger partial charge on any atom is -0.504 e. The maximum Gasteiger partial charge on any atom is 0.352 e. The number of phenolic OH excluding ortho intramolecular Hbond substituents is 1. The molecule has 0 aliphatic rings. The molecule has 0 atom stereocenters. The molecule has 98 valence electrons. The van der Waals surface area contributed by atoms with Crippen LogP contribution in [-0.4, -0.2) is 17.1 Å². The van der Waals surface area contributed by atoms with Crippen molar-refractivity contribution in [1.82, 2.24) is 0 Å². The van der Waals surface area contributed by atoms with Crippen molar-refractivity contribution < 1.29 is 19.5 Å². The van der Waals surface area contributed by atoms with Gasteiger partial charge in [-0.15, -0.1) is 0 Å². The zero-order chi connectivity index (χ0) is 13.8. The summed E-state index contributed by atoms with van der Waals surface area (Å²) in [5, 5.41) is 20.7. The van der Waals surface area contributed by atoms with Crippen molar-refractivity contribution in [2.45, 2.75) is 0 Å². The molecule has 0 bridgehead atoms. The normalized spacial score (nSPS) is 9.95. The Labute approximate surface area is 109 Å². The molecule has 1 N–H and O–H groups in total. The van der Waals surface area contributed by atoms with Gasteiger partial charge in [0.1, 0.15) is 0 Å². The van der Waals surface area contributed by atoms with Crippen LogP contribution in [0.3, 0.4) is 0 Å². The highest BCUT2D eigenvalue weighted by Gasteiger charge is 2.22. The number of nitro benzene ring substituents is 1. The Kier molecular flexibility index (Phi) is 3.51. The van der Waals surface area contributed by atoms with E-state index in [1.54, 1.807) is 18.2 Å². The lowest BCUT2D eigenvalue weighted by Gasteiger charge is -2.09. The number of methoxy groups -OCH3 is 1. The van der Waals surface area contributed by atoms with Crippen LogP contribution < -0.4 is 9.47 Å². The molecule has 0 spiro atoms. The third-order valence-corrected chi connectivity index (χ3v) is 2.45. The topological polar surface area (TPSA) is 81.8 Å². The number of para-hydroxylation sites is 3. The molecule has 2 aromatic carbocycles. The summed E-state index contributed by atoms with van der Waals surface area (Å²) in [4.78, 5) is 10.5. The molecule has 0 amide bonds. The predicted octanol–water partition coefficient (Wildman–Crippen LogP) is 3.10. The molecular weight excluding hydrogens is 250 g/mol. The molecule has 0 radical (unpaired) electrons. The summed E-state index contributed by atoms with van der Waals surface area (Å²) in [7, 11) is 1.34. The maximum absolute atomic E-state index is 11.1. The summed E-state index contributed by atoms with van der Waals surface area (Å²) in [6.07, 6.45) is 0. The van der Waals surface area contributed by atoms with Gasteiger partial charge < -0.3 is 14.6 Å². The van der Waals surface area contributed by atoms with Crippen LogP contribution in [0.25, 0.3) is 0 Å². The van der Waals surface area contributed by atoms with Crippen LogP contribution in [0.2, 0.25) is 0 Å². The SMILES string of the molecule is COc1cccc(Oc2ccccc2O)c1[N+](=O)[O-]. The number of nitrogens with zero attached hydrogens (tertiary/aromatic N) is 1. The highest BCUT2D eigenvalue weighted by molar-refractivity contribution is 5.59. The Bertz CT molecular complexity index is 612. The van der Waals surface area contributed by atoms with Gasteiger partial charge in [0.25, 0.3) is 0 Å². The van der Waals surface area contributed by atoms with Crippen LogP contribution in [0.4, 0.5) is 5.69 Å². The first kappa shape index (κ1) is 12.7. The summed E-state index contributed by atoms with van der Waals surface area (Å²) in [6.45, 7) is 0. The Hall–Kier alpha value is -2.76. The second-order valence-electron chi connectivity index (χ2n) is 3.63. The van der Waals surface area contributed by atoms with Gasteiger partial charge in [-0.1, -0.05) is 18.2 Å². The van der Waals surface area contributed by atoms with E-state index in [1.807, 2.05) is 0 Å². The van der Waals surface area contributed by atoms with Crippen LogP contribution in [-0.2, 0) is 0 Å². The largest absolute Gasteiger partial charge is 0.504 e. The van der Waals surface area contributed by atoms with Gasteiger partial charge in [-0.25, -0.2) is 0 Å². The number of ether oxygens (including phenoxy) is 2. The summed E-state index contributed by atoms with van der Waals surface area (Å²) in [5.41, 5.74) is -0.284. The molecule has 19 heavy (non-hydrogen) atoms. The molecule has 2 rings (SSSR count). The van der Waals surface area contributed by atoms with Crippen molar-refractivity contribution >= 4 is 5.69 Å². The average Bonchev–Trinajstić information content (AvgIpc) is 2.40. The summed E-state index contributed by atoms with van der Waals surface area (Å²) >= 11 is 0. The third kappa shape index (κ3) is 2.57. The molecule has 0 saturated carbocycles. The Morgan fingerprint density at radius 2 is 1.68 bits per heavy atom. The van der Waals surface area contributed by atoms with Crippen LogP contribution >= 0.6 is 0 Å². The lowest BCUT2D eigenvalue weighted by atomic mass is 10.2. The van der Waals surface area contributed by atoms with Crippen molar-refractivity contribution in [1.29, 1.82) is 0 Å². The number of benzene rings is 2. The molecule has 0 aliphatic heterocycles. The van der Waals surface area contributed by atoms with Crippen molar-refractivity contribution in [3.05, 3.63) is 52.6 Å². The first-order valence-corrected chi connectivity index (χ1v) is 5.40. The van der Waals surface area contributed by atoms with Crippen LogP contribution in [0.15, 0.2) is 42.5 Å². The molecule has 0 fully saturated rings. The zero-order valence-electron chi connectivity index (χ0n) is 10.1. The van der Waals surface area contributed by atoms with E-state index in [-0.39, 0.29) is 28.7 Å². The van der Waals surface area contributed by atoms with Crippen molar-refractivity contribution in [2.75, 3.05) is 7.11 Å². The Morgan fingerprint density at radius 1 is 1.05 bits per heavy atom. The van der Waals surface area contributed by atoms with E-state index in [4.69, 9.17) is 9.47 Å². The fourth-order valence-corrected chi connectivity index (χ4v) is 1.59. The first-order chi connectivity index (χ1) is 9.13. The number of hydrogen-bond donors (Lipinski definition) is 1. The summed E-state index contributed by atoms with van der Waals surface area (Å²) in [5.74, 6) is 0.141. The van der Waals surface area contributed by atoms with E-state index in [9.17, 15) is 15.2 Å². The number of aromatic hydroxyl groups is 1. The van der Waals surface area contributed by atoms with Crippen molar-refractivity contribution in [3.8, 4) is 23.0 Å². The molecule has 0 aliphatic carbocycles. The van der Waals surface area contributed by atoms with Gasteiger partial charge in [0.05, 0.1) is 12.0 Å². The van der Waals surface area contributed by atoms with Gasteiger partial charge in [-0.05, 0) is 24.3 Å². The Balaban J connectivity index is 2.46. The van der Waals surface area contributed by atoms with Gasteiger partial charge in [0.2, 0.25) is 11.5 Å². The fraction of sp³-hybridized carbons (Fsp3) is 0.0769. The molecule has 6 nitrogen and oxygen atoms in total. The first-order valence-electron chi connectivity index (χ1n) is 5.40. The molecule has 0 unspecified atom stereocenters. The van der Waals surface area contributed by atoms with Gasteiger partial charge in [-0.2, -0.15) is 0 Å². The fourth-order valence-electron chi connectivity index (χ4n) is 1.59. The minimum atomic E-state index is -0.589. The maximum atomic E-state index is 11.1. The standard InChI is InChI=1S/C13H11NO5/c1-18-11-7-4-8-12(13(11)14(16)17)19-10-6-3-2-5-9(10)15/h2-8,15H,1H3. The van der Waals surface area contributed by atoms with E-state index in [1.165, 1.54) is 31.4 Å². The molecule has 2 aromatic rings. The Morgan fingerprint density at radius 3 is 2.32 bits per heavy atom. The average molecular weight is 261 g/mol. The molecule has 0 aromatic heterocycles.